The van der Waals surface area contributed by atoms with Crippen molar-refractivity contribution in [1.82, 2.24) is 19.4 Å². The molecule has 1 saturated heterocycles. The van der Waals surface area contributed by atoms with Crippen molar-refractivity contribution in [3.05, 3.63) is 12.4 Å². The van der Waals surface area contributed by atoms with E-state index < -0.39 is 16.0 Å². The van der Waals surface area contributed by atoms with E-state index in [9.17, 15) is 13.2 Å². The van der Waals surface area contributed by atoms with Gasteiger partial charge in [-0.1, -0.05) is 0 Å². The number of rotatable bonds is 6. The molecule has 0 bridgehead atoms. The van der Waals surface area contributed by atoms with Crippen molar-refractivity contribution in [3.8, 4) is 0 Å². The van der Waals surface area contributed by atoms with Gasteiger partial charge in [-0.25, -0.2) is 13.1 Å². The number of hydrogen-bond acceptors (Lipinski definition) is 5. The molecule has 1 aliphatic rings. The first-order valence-electron chi connectivity index (χ1n) is 6.29. The van der Waals surface area contributed by atoms with Gasteiger partial charge in [-0.15, -0.1) is 0 Å². The van der Waals surface area contributed by atoms with Gasteiger partial charge in [0.1, 0.15) is 11.4 Å². The number of carbonyl (C=O) groups is 1. The van der Waals surface area contributed by atoms with Gasteiger partial charge in [0.05, 0.1) is 6.20 Å². The van der Waals surface area contributed by atoms with E-state index >= 15 is 0 Å². The van der Waals surface area contributed by atoms with Crippen LogP contribution in [-0.2, 0) is 21.4 Å². The van der Waals surface area contributed by atoms with Crippen molar-refractivity contribution in [3.63, 3.8) is 0 Å². The molecule has 2 N–H and O–H groups in total. The van der Waals surface area contributed by atoms with Crippen LogP contribution < -0.4 is 4.72 Å². The van der Waals surface area contributed by atoms with Gasteiger partial charge in [0.2, 0.25) is 10.0 Å². The number of aromatic nitrogens is 2. The molecular weight excluding hydrogens is 284 g/mol. The summed E-state index contributed by atoms with van der Waals surface area (Å²) in [5, 5.41) is 12.3. The lowest BCUT2D eigenvalue weighted by Gasteiger charge is -2.11. The summed E-state index contributed by atoms with van der Waals surface area (Å²) in [4.78, 5) is 12.7. The Hall–Kier alpha value is -1.45. The standard InChI is InChI=1S/C11H18N4O4S/c1-14-3-2-9(6-14)4-13-20(18,19)10-5-12-15(7-10)8-11(16)17/h5,7,9,13H,2-4,6,8H2,1H3,(H,16,17). The molecule has 1 aliphatic heterocycles. The quantitative estimate of drug-likeness (QED) is 0.713. The summed E-state index contributed by atoms with van der Waals surface area (Å²) in [7, 11) is -1.62. The molecule has 0 radical (unpaired) electrons. The third-order valence-corrected chi connectivity index (χ3v) is 4.65. The van der Waals surface area contributed by atoms with Crippen molar-refractivity contribution in [2.75, 3.05) is 26.7 Å². The maximum Gasteiger partial charge on any atom is 0.325 e. The lowest BCUT2D eigenvalue weighted by Crippen LogP contribution is -2.30. The molecule has 9 heteroatoms. The van der Waals surface area contributed by atoms with Gasteiger partial charge >= 0.3 is 5.97 Å². The first-order valence-corrected chi connectivity index (χ1v) is 7.77. The van der Waals surface area contributed by atoms with Gasteiger partial charge in [0, 0.05) is 19.3 Å². The van der Waals surface area contributed by atoms with Gasteiger partial charge in [-0.2, -0.15) is 5.10 Å². The number of nitrogens with zero attached hydrogens (tertiary/aromatic N) is 3. The molecule has 2 heterocycles. The molecule has 0 amide bonds. The average molecular weight is 302 g/mol. The van der Waals surface area contributed by atoms with Crippen molar-refractivity contribution in [2.24, 2.45) is 5.92 Å². The van der Waals surface area contributed by atoms with Gasteiger partial charge in [0.15, 0.2) is 0 Å². The molecule has 1 unspecified atom stereocenters. The van der Waals surface area contributed by atoms with Gasteiger partial charge in [-0.3, -0.25) is 9.48 Å². The van der Waals surface area contributed by atoms with E-state index in [4.69, 9.17) is 5.11 Å². The first kappa shape index (κ1) is 14.9. The van der Waals surface area contributed by atoms with Crippen LogP contribution in [0.3, 0.4) is 0 Å². The second-order valence-corrected chi connectivity index (χ2v) is 6.80. The van der Waals surface area contributed by atoms with Crippen LogP contribution in [0, 0.1) is 5.92 Å². The fraction of sp³-hybridized carbons (Fsp3) is 0.636. The molecule has 0 spiro atoms. The summed E-state index contributed by atoms with van der Waals surface area (Å²) in [5.74, 6) is -0.761. The molecule has 1 fully saturated rings. The topological polar surface area (TPSA) is 105 Å². The Balaban J connectivity index is 1.95. The minimum atomic E-state index is -3.62. The van der Waals surface area contributed by atoms with Crippen LogP contribution in [0.4, 0.5) is 0 Å². The predicted octanol–water partition coefficient (Wildman–Crippen LogP) is -0.802. The molecule has 112 valence electrons. The zero-order valence-electron chi connectivity index (χ0n) is 11.2. The highest BCUT2D eigenvalue weighted by molar-refractivity contribution is 7.89. The largest absolute Gasteiger partial charge is 0.480 e. The Labute approximate surface area is 117 Å². The zero-order chi connectivity index (χ0) is 14.8. The number of hydrogen-bond donors (Lipinski definition) is 2. The molecule has 2 rings (SSSR count). The molecule has 1 aromatic heterocycles. The number of carboxylic acids is 1. The Morgan fingerprint density at radius 2 is 2.35 bits per heavy atom. The minimum absolute atomic E-state index is 0.00917. The Kier molecular flexibility index (Phi) is 4.41. The summed E-state index contributed by atoms with van der Waals surface area (Å²) in [6, 6.07) is 0. The van der Waals surface area contributed by atoms with Crippen LogP contribution in [-0.4, -0.2) is 60.9 Å². The molecular formula is C11H18N4O4S. The third kappa shape index (κ3) is 3.78. The monoisotopic (exact) mass is 302 g/mol. The van der Waals surface area contributed by atoms with E-state index in [2.05, 4.69) is 14.7 Å². The van der Waals surface area contributed by atoms with E-state index in [0.29, 0.717) is 12.5 Å². The molecule has 8 nitrogen and oxygen atoms in total. The Morgan fingerprint density at radius 3 is 2.95 bits per heavy atom. The summed E-state index contributed by atoms with van der Waals surface area (Å²) >= 11 is 0. The van der Waals surface area contributed by atoms with Crippen LogP contribution in [0.1, 0.15) is 6.42 Å². The zero-order valence-corrected chi connectivity index (χ0v) is 12.0. The minimum Gasteiger partial charge on any atom is -0.480 e. The van der Waals surface area contributed by atoms with E-state index in [1.807, 2.05) is 7.05 Å². The molecule has 0 saturated carbocycles. The fourth-order valence-electron chi connectivity index (χ4n) is 2.21. The predicted molar refractivity (Wildman–Crippen MR) is 70.7 cm³/mol. The number of aliphatic carboxylic acids is 1. The lowest BCUT2D eigenvalue weighted by atomic mass is 10.1. The van der Waals surface area contributed by atoms with Crippen molar-refractivity contribution in [1.29, 1.82) is 0 Å². The number of carboxylic acid groups (broad SMARTS) is 1. The maximum absolute atomic E-state index is 12.0. The first-order chi connectivity index (χ1) is 9.37. The van der Waals surface area contributed by atoms with Crippen molar-refractivity contribution < 1.29 is 18.3 Å². The molecule has 20 heavy (non-hydrogen) atoms. The van der Waals surface area contributed by atoms with Gasteiger partial charge in [-0.05, 0) is 25.9 Å². The molecule has 1 atom stereocenters. The fourth-order valence-corrected chi connectivity index (χ4v) is 3.28. The van der Waals surface area contributed by atoms with Crippen molar-refractivity contribution in [2.45, 2.75) is 17.9 Å². The smallest absolute Gasteiger partial charge is 0.325 e. The van der Waals surface area contributed by atoms with E-state index in [-0.39, 0.29) is 11.4 Å². The summed E-state index contributed by atoms with van der Waals surface area (Å²) in [6.07, 6.45) is 3.35. The second kappa shape index (κ2) is 5.90. The highest BCUT2D eigenvalue weighted by atomic mass is 32.2. The molecule has 1 aromatic rings. The Morgan fingerprint density at radius 1 is 1.60 bits per heavy atom. The van der Waals surface area contributed by atoms with Gasteiger partial charge in [0.25, 0.3) is 0 Å². The Bertz CT molecular complexity index is 583. The van der Waals surface area contributed by atoms with E-state index in [1.54, 1.807) is 0 Å². The van der Waals surface area contributed by atoms with E-state index in [1.165, 1.54) is 6.20 Å². The van der Waals surface area contributed by atoms with Crippen LogP contribution in [0.25, 0.3) is 0 Å². The lowest BCUT2D eigenvalue weighted by molar-refractivity contribution is -0.137. The average Bonchev–Trinajstić information content (AvgIpc) is 2.95. The summed E-state index contributed by atoms with van der Waals surface area (Å²) in [6.45, 7) is 1.88. The highest BCUT2D eigenvalue weighted by Crippen LogP contribution is 2.14. The number of likely N-dealkylation sites (tertiary alicyclic amines) is 1. The van der Waals surface area contributed by atoms with E-state index in [0.717, 1.165) is 30.4 Å². The van der Waals surface area contributed by atoms with Crippen LogP contribution in [0.2, 0.25) is 0 Å². The number of nitrogens with one attached hydrogen (secondary N) is 1. The summed E-state index contributed by atoms with van der Waals surface area (Å²) < 4.78 is 27.7. The van der Waals surface area contributed by atoms with Gasteiger partial charge < -0.3 is 10.0 Å². The SMILES string of the molecule is CN1CCC(CNS(=O)(=O)c2cnn(CC(=O)O)c2)C1. The van der Waals surface area contributed by atoms with Crippen LogP contribution >= 0.6 is 0 Å². The maximum atomic E-state index is 12.0. The second-order valence-electron chi connectivity index (χ2n) is 5.04. The van der Waals surface area contributed by atoms with Crippen LogP contribution in [0.5, 0.6) is 0 Å². The summed E-state index contributed by atoms with van der Waals surface area (Å²) in [5.41, 5.74) is 0. The molecule has 0 aromatic carbocycles. The molecule has 0 aliphatic carbocycles. The van der Waals surface area contributed by atoms with Crippen LogP contribution in [0.15, 0.2) is 17.3 Å². The van der Waals surface area contributed by atoms with Crippen molar-refractivity contribution >= 4 is 16.0 Å². The highest BCUT2D eigenvalue weighted by Gasteiger charge is 2.23. The third-order valence-electron chi connectivity index (χ3n) is 3.27. The normalized spacial score (nSPS) is 20.4. The number of sulfonamides is 1.